The lowest BCUT2D eigenvalue weighted by Gasteiger charge is -2.38. The predicted molar refractivity (Wildman–Crippen MR) is 133 cm³/mol. The molecule has 36 heavy (non-hydrogen) atoms. The van der Waals surface area contributed by atoms with E-state index in [9.17, 15) is 23.6 Å². The third-order valence-corrected chi connectivity index (χ3v) is 6.82. The van der Waals surface area contributed by atoms with Crippen molar-refractivity contribution in [2.75, 3.05) is 33.8 Å². The van der Waals surface area contributed by atoms with Gasteiger partial charge in [-0.1, -0.05) is 13.3 Å². The van der Waals surface area contributed by atoms with Gasteiger partial charge in [-0.2, -0.15) is 0 Å². The third kappa shape index (κ3) is 8.62. The Kier molecular flexibility index (Phi) is 11.0. The number of unbranched alkanes of at least 4 members (excludes halogenated alkanes) is 1. The van der Waals surface area contributed by atoms with Gasteiger partial charge in [0.15, 0.2) is 0 Å². The molecule has 1 heterocycles. The van der Waals surface area contributed by atoms with Gasteiger partial charge in [0.1, 0.15) is 17.8 Å². The molecule has 0 unspecified atom stereocenters. The van der Waals surface area contributed by atoms with Gasteiger partial charge in [0.25, 0.3) is 0 Å². The zero-order chi connectivity index (χ0) is 27.0. The van der Waals surface area contributed by atoms with E-state index in [1.54, 1.807) is 34.9 Å². The minimum absolute atomic E-state index is 0.0649. The summed E-state index contributed by atoms with van der Waals surface area (Å²) >= 11 is 0. The van der Waals surface area contributed by atoms with Gasteiger partial charge in [0.2, 0.25) is 11.8 Å². The van der Waals surface area contributed by atoms with Gasteiger partial charge in [0, 0.05) is 20.6 Å². The van der Waals surface area contributed by atoms with E-state index in [4.69, 9.17) is 9.47 Å². The molecule has 0 radical (unpaired) electrons. The molecule has 3 amide bonds. The van der Waals surface area contributed by atoms with Crippen molar-refractivity contribution in [2.45, 2.75) is 90.5 Å². The van der Waals surface area contributed by atoms with Crippen molar-refractivity contribution in [3.05, 3.63) is 0 Å². The average Bonchev–Trinajstić information content (AvgIpc) is 3.23. The van der Waals surface area contributed by atoms with Crippen LogP contribution in [-0.2, 0) is 23.9 Å². The van der Waals surface area contributed by atoms with Crippen LogP contribution in [0.15, 0.2) is 0 Å². The quantitative estimate of drug-likeness (QED) is 0.375. The maximum Gasteiger partial charge on any atom is 0.408 e. The van der Waals surface area contributed by atoms with Crippen molar-refractivity contribution in [3.63, 3.8) is 0 Å². The van der Waals surface area contributed by atoms with Crippen LogP contribution in [0.2, 0.25) is 0 Å². The molecule has 1 aliphatic heterocycles. The molecule has 2 aliphatic rings. The number of amides is 3. The fraction of sp³-hybridized carbons (Fsp3) is 0.846. The van der Waals surface area contributed by atoms with Crippen molar-refractivity contribution in [1.29, 1.82) is 0 Å². The van der Waals surface area contributed by atoms with Crippen LogP contribution in [0.1, 0.15) is 72.6 Å². The van der Waals surface area contributed by atoms with Gasteiger partial charge < -0.3 is 24.6 Å². The summed E-state index contributed by atoms with van der Waals surface area (Å²) in [5.41, 5.74) is -0.799. The van der Waals surface area contributed by atoms with Crippen molar-refractivity contribution in [2.24, 2.45) is 17.8 Å². The number of alkyl carbamates (subject to hydrolysis) is 1. The van der Waals surface area contributed by atoms with Gasteiger partial charge in [-0.05, 0) is 65.2 Å². The van der Waals surface area contributed by atoms with Crippen LogP contribution in [0.5, 0.6) is 0 Å². The summed E-state index contributed by atoms with van der Waals surface area (Å²) in [6, 6.07) is -1.20. The predicted octanol–water partition coefficient (Wildman–Crippen LogP) is 3.30. The zero-order valence-electron chi connectivity index (χ0n) is 22.7. The number of nitrogens with one attached hydrogen (secondary N) is 1. The molecule has 2 fully saturated rings. The minimum atomic E-state index is -1.20. The molecule has 206 valence electrons. The number of rotatable bonds is 9. The van der Waals surface area contributed by atoms with Crippen molar-refractivity contribution in [1.82, 2.24) is 15.1 Å². The number of hydrogen-bond acceptors (Lipinski definition) is 6. The van der Waals surface area contributed by atoms with Crippen LogP contribution in [-0.4, -0.2) is 85.3 Å². The summed E-state index contributed by atoms with van der Waals surface area (Å²) in [6.45, 7) is 7.72. The first kappa shape index (κ1) is 29.8. The maximum atomic E-state index is 13.9. The van der Waals surface area contributed by atoms with Gasteiger partial charge in [0.05, 0.1) is 25.0 Å². The van der Waals surface area contributed by atoms with E-state index in [1.165, 1.54) is 9.80 Å². The first-order valence-electron chi connectivity index (χ1n) is 13.1. The van der Waals surface area contributed by atoms with E-state index < -0.39 is 35.7 Å². The highest BCUT2D eigenvalue weighted by atomic mass is 19.1. The number of carbonyl (C=O) groups is 4. The molecule has 0 aromatic rings. The topological polar surface area (TPSA) is 105 Å². The van der Waals surface area contributed by atoms with E-state index >= 15 is 0 Å². The Bertz CT molecular complexity index is 776. The number of hydrogen-bond donors (Lipinski definition) is 1. The molecule has 1 aliphatic carbocycles. The fourth-order valence-corrected chi connectivity index (χ4v) is 4.92. The van der Waals surface area contributed by atoms with Crippen LogP contribution in [0.4, 0.5) is 9.18 Å². The fourth-order valence-electron chi connectivity index (χ4n) is 4.92. The van der Waals surface area contributed by atoms with Crippen molar-refractivity contribution >= 4 is 23.9 Å². The molecule has 0 spiro atoms. The Balaban J connectivity index is 2.25. The lowest BCUT2D eigenvalue weighted by atomic mass is 9.72. The molecule has 0 aromatic carbocycles. The van der Waals surface area contributed by atoms with E-state index in [0.29, 0.717) is 32.3 Å². The van der Waals surface area contributed by atoms with Crippen LogP contribution >= 0.6 is 0 Å². The number of likely N-dealkylation sites (tertiary alicyclic amines) is 1. The molecular formula is C26H44FN3O6. The van der Waals surface area contributed by atoms with E-state index in [0.717, 1.165) is 12.8 Å². The lowest BCUT2D eigenvalue weighted by Crippen LogP contribution is -2.58. The highest BCUT2D eigenvalue weighted by molar-refractivity contribution is 5.92. The summed E-state index contributed by atoms with van der Waals surface area (Å²) in [4.78, 5) is 55.0. The smallest absolute Gasteiger partial charge is 0.408 e. The monoisotopic (exact) mass is 513 g/mol. The first-order valence-corrected chi connectivity index (χ1v) is 13.1. The van der Waals surface area contributed by atoms with Gasteiger partial charge in [-0.25, -0.2) is 9.18 Å². The summed E-state index contributed by atoms with van der Waals surface area (Å²) in [5, 5.41) is 2.65. The van der Waals surface area contributed by atoms with Crippen LogP contribution in [0, 0.1) is 17.8 Å². The molecule has 9 nitrogen and oxygen atoms in total. The lowest BCUT2D eigenvalue weighted by molar-refractivity contribution is -0.151. The van der Waals surface area contributed by atoms with E-state index in [-0.39, 0.29) is 43.2 Å². The van der Waals surface area contributed by atoms with Crippen LogP contribution < -0.4 is 5.32 Å². The second-order valence-corrected chi connectivity index (χ2v) is 11.2. The normalized spacial score (nSPS) is 24.0. The molecule has 3 atom stereocenters. The number of nitrogens with zero attached hydrogens (tertiary/aromatic N) is 2. The largest absolute Gasteiger partial charge is 0.465 e. The van der Waals surface area contributed by atoms with Gasteiger partial charge >= 0.3 is 12.1 Å². The Labute approximate surface area is 214 Å². The summed E-state index contributed by atoms with van der Waals surface area (Å²) in [5.74, 6) is -2.35. The van der Waals surface area contributed by atoms with E-state index in [1.807, 2.05) is 6.92 Å². The maximum absolute atomic E-state index is 13.9. The van der Waals surface area contributed by atoms with E-state index in [2.05, 4.69) is 5.32 Å². The molecule has 1 saturated carbocycles. The van der Waals surface area contributed by atoms with Crippen LogP contribution in [0.3, 0.4) is 0 Å². The SMILES string of the molecule is CCCCOC(=O)C1CCC([C@H](C(=O)N(C)C)[C@H](NC(=O)OC(C)(C)C)C(=O)N2CC[C@H](F)C2)CC1. The molecule has 2 rings (SSSR count). The molecule has 1 N–H and O–H groups in total. The van der Waals surface area contributed by atoms with Crippen molar-refractivity contribution in [3.8, 4) is 0 Å². The Morgan fingerprint density at radius 2 is 1.72 bits per heavy atom. The highest BCUT2D eigenvalue weighted by Crippen LogP contribution is 2.37. The van der Waals surface area contributed by atoms with Gasteiger partial charge in [-0.15, -0.1) is 0 Å². The molecule has 1 saturated heterocycles. The van der Waals surface area contributed by atoms with Gasteiger partial charge in [-0.3, -0.25) is 14.4 Å². The Morgan fingerprint density at radius 3 is 2.22 bits per heavy atom. The second kappa shape index (κ2) is 13.2. The second-order valence-electron chi connectivity index (χ2n) is 11.2. The Morgan fingerprint density at radius 1 is 1.08 bits per heavy atom. The average molecular weight is 514 g/mol. The number of carbonyl (C=O) groups excluding carboxylic acids is 4. The molecule has 0 bridgehead atoms. The minimum Gasteiger partial charge on any atom is -0.465 e. The Hall–Kier alpha value is -2.39. The molecule has 10 heteroatoms. The first-order chi connectivity index (χ1) is 16.8. The number of halogens is 1. The highest BCUT2D eigenvalue weighted by Gasteiger charge is 2.46. The van der Waals surface area contributed by atoms with Crippen LogP contribution in [0.25, 0.3) is 0 Å². The summed E-state index contributed by atoms with van der Waals surface area (Å²) in [6.07, 6.45) is 2.18. The standard InChI is InChI=1S/C26H44FN3O6/c1-7-8-15-35-24(33)18-11-9-17(10-12-18)20(22(31)29(5)6)21(28-25(34)36-26(2,3)4)23(32)30-14-13-19(27)16-30/h17-21H,7-16H2,1-6H3,(H,28,34)/t17?,18?,19-,20-,21-/m0/s1. The number of ether oxygens (including phenoxy) is 2. The summed E-state index contributed by atoms with van der Waals surface area (Å²) in [7, 11) is 3.21. The van der Waals surface area contributed by atoms with Crippen molar-refractivity contribution < 1.29 is 33.0 Å². The summed E-state index contributed by atoms with van der Waals surface area (Å²) < 4.78 is 24.7. The zero-order valence-corrected chi connectivity index (χ0v) is 22.7. The molecule has 0 aromatic heterocycles. The number of alkyl halides is 1. The number of esters is 1. The third-order valence-electron chi connectivity index (χ3n) is 6.82. The molecular weight excluding hydrogens is 469 g/mol.